The third-order valence-corrected chi connectivity index (χ3v) is 2.69. The maximum Gasteiger partial charge on any atom is 0.215 e. The van der Waals surface area contributed by atoms with Gasteiger partial charge in [0.05, 0.1) is 5.75 Å². The van der Waals surface area contributed by atoms with Crippen LogP contribution in [-0.4, -0.2) is 21.2 Å². The van der Waals surface area contributed by atoms with Crippen LogP contribution in [0.15, 0.2) is 36.5 Å². The molecule has 0 spiro atoms. The van der Waals surface area contributed by atoms with Gasteiger partial charge in [-0.3, -0.25) is 0 Å². The normalized spacial score (nSPS) is 12.8. The van der Waals surface area contributed by atoms with Gasteiger partial charge >= 0.3 is 0 Å². The minimum Gasteiger partial charge on any atom is -0.218 e. The Kier molecular flexibility index (Phi) is 5.34. The highest BCUT2D eigenvalue weighted by Gasteiger charge is 2.06. The Balaban J connectivity index is 4.18. The summed E-state index contributed by atoms with van der Waals surface area (Å²) < 4.78 is 24.3. The van der Waals surface area contributed by atoms with Crippen molar-refractivity contribution in [2.45, 2.75) is 6.92 Å². The molecule has 0 fully saturated rings. The molecule has 1 N–H and O–H groups in total. The van der Waals surface area contributed by atoms with Gasteiger partial charge in [0.25, 0.3) is 0 Å². The highest BCUT2D eigenvalue weighted by molar-refractivity contribution is 7.89. The van der Waals surface area contributed by atoms with Gasteiger partial charge in [0.2, 0.25) is 10.0 Å². The molecule has 4 heteroatoms. The molecule has 74 valence electrons. The average molecular weight is 201 g/mol. The molecule has 0 radical (unpaired) electrons. The molecule has 3 nitrogen and oxygen atoms in total. The van der Waals surface area contributed by atoms with Gasteiger partial charge in [-0.15, -0.1) is 0 Å². The number of hydrogen-bond donors (Lipinski definition) is 1. The van der Waals surface area contributed by atoms with Gasteiger partial charge in [0.1, 0.15) is 0 Å². The summed E-state index contributed by atoms with van der Waals surface area (Å²) >= 11 is 0. The smallest absolute Gasteiger partial charge is 0.215 e. The Bertz CT molecular complexity index is 313. The first-order valence-electron chi connectivity index (χ1n) is 3.90. The molecular weight excluding hydrogens is 186 g/mol. The van der Waals surface area contributed by atoms with Crippen LogP contribution in [-0.2, 0) is 10.0 Å². The van der Waals surface area contributed by atoms with E-state index in [0.29, 0.717) is 5.57 Å². The zero-order valence-corrected chi connectivity index (χ0v) is 8.76. The quantitative estimate of drug-likeness (QED) is 0.680. The first kappa shape index (κ1) is 12.1. The molecule has 0 heterocycles. The van der Waals surface area contributed by atoms with Gasteiger partial charge in [-0.25, -0.2) is 13.1 Å². The van der Waals surface area contributed by atoms with Crippen LogP contribution in [0.3, 0.4) is 0 Å². The van der Waals surface area contributed by atoms with E-state index in [1.54, 1.807) is 12.2 Å². The third-order valence-electron chi connectivity index (χ3n) is 1.32. The Hall–Kier alpha value is -0.870. The summed E-state index contributed by atoms with van der Waals surface area (Å²) in [6.45, 7) is 5.51. The van der Waals surface area contributed by atoms with Gasteiger partial charge in [0.15, 0.2) is 0 Å². The molecule has 0 rings (SSSR count). The van der Waals surface area contributed by atoms with Crippen LogP contribution in [0.1, 0.15) is 6.92 Å². The van der Waals surface area contributed by atoms with Crippen molar-refractivity contribution in [2.75, 3.05) is 12.8 Å². The summed E-state index contributed by atoms with van der Waals surface area (Å²) in [5, 5.41) is 0. The highest BCUT2D eigenvalue weighted by atomic mass is 32.2. The molecule has 0 unspecified atom stereocenters. The Labute approximate surface area is 79.9 Å². The minimum atomic E-state index is -3.18. The van der Waals surface area contributed by atoms with Gasteiger partial charge in [-0.05, 0) is 19.5 Å². The Morgan fingerprint density at radius 1 is 1.46 bits per heavy atom. The predicted molar refractivity (Wildman–Crippen MR) is 55.9 cm³/mol. The lowest BCUT2D eigenvalue weighted by Crippen LogP contribution is -2.22. The maximum atomic E-state index is 11.0. The summed E-state index contributed by atoms with van der Waals surface area (Å²) in [6.07, 6.45) is 7.11. The van der Waals surface area contributed by atoms with Crippen molar-refractivity contribution in [3.8, 4) is 0 Å². The van der Waals surface area contributed by atoms with Crippen molar-refractivity contribution >= 4 is 10.0 Å². The van der Waals surface area contributed by atoms with Crippen molar-refractivity contribution in [3.05, 3.63) is 36.5 Å². The van der Waals surface area contributed by atoms with Crippen LogP contribution in [0.4, 0.5) is 0 Å². The molecule has 0 bridgehead atoms. The highest BCUT2D eigenvalue weighted by Crippen LogP contribution is 1.97. The molecule has 0 atom stereocenters. The number of allylic oxidation sites excluding steroid dienone is 4. The van der Waals surface area contributed by atoms with Crippen LogP contribution >= 0.6 is 0 Å². The first-order valence-corrected chi connectivity index (χ1v) is 5.55. The van der Waals surface area contributed by atoms with E-state index < -0.39 is 10.0 Å². The average Bonchev–Trinajstić information content (AvgIpc) is 2.04. The van der Waals surface area contributed by atoms with Crippen molar-refractivity contribution in [3.63, 3.8) is 0 Å². The van der Waals surface area contributed by atoms with E-state index in [-0.39, 0.29) is 5.75 Å². The summed E-state index contributed by atoms with van der Waals surface area (Å²) in [5.41, 5.74) is 0.562. The van der Waals surface area contributed by atoms with E-state index >= 15 is 0 Å². The number of nitrogens with one attached hydrogen (secondary N) is 1. The Morgan fingerprint density at radius 2 is 2.08 bits per heavy atom. The first-order chi connectivity index (χ1) is 6.02. The summed E-state index contributed by atoms with van der Waals surface area (Å²) in [6, 6.07) is 0. The number of hydrogen-bond acceptors (Lipinski definition) is 2. The zero-order valence-electron chi connectivity index (χ0n) is 7.95. The van der Waals surface area contributed by atoms with Gasteiger partial charge in [-0.1, -0.05) is 30.9 Å². The minimum absolute atomic E-state index is 0.0580. The van der Waals surface area contributed by atoms with Crippen LogP contribution < -0.4 is 4.72 Å². The lowest BCUT2D eigenvalue weighted by molar-refractivity contribution is 0.591. The van der Waals surface area contributed by atoms with Crippen LogP contribution in [0.5, 0.6) is 0 Å². The summed E-state index contributed by atoms with van der Waals surface area (Å²) in [4.78, 5) is 0. The molecular formula is C9H15NO2S. The van der Waals surface area contributed by atoms with Crippen LogP contribution in [0.2, 0.25) is 0 Å². The number of sulfonamides is 1. The molecule has 0 amide bonds. The maximum absolute atomic E-state index is 11.0. The van der Waals surface area contributed by atoms with Crippen LogP contribution in [0.25, 0.3) is 0 Å². The topological polar surface area (TPSA) is 46.2 Å². The van der Waals surface area contributed by atoms with Gasteiger partial charge < -0.3 is 0 Å². The standard InChI is InChI=1S/C9H15NO2S/c1-4-5-6-7-9(2)8-13(11,12)10-3/h4-7,10H,2,8H2,1,3H3/b5-4-,7-6-. The predicted octanol–water partition coefficient (Wildman–Crippen LogP) is 1.22. The van der Waals surface area contributed by atoms with Gasteiger partial charge in [0, 0.05) is 0 Å². The summed E-state index contributed by atoms with van der Waals surface area (Å²) in [7, 11) is -1.79. The molecule has 0 aromatic rings. The second-order valence-electron chi connectivity index (χ2n) is 2.51. The fourth-order valence-corrected chi connectivity index (χ4v) is 1.40. The second kappa shape index (κ2) is 5.72. The monoisotopic (exact) mass is 201 g/mol. The SMILES string of the molecule is C=C(/C=C\C=C/C)CS(=O)(=O)NC. The largest absolute Gasteiger partial charge is 0.218 e. The van der Waals surface area contributed by atoms with E-state index in [4.69, 9.17) is 0 Å². The lowest BCUT2D eigenvalue weighted by atomic mass is 10.3. The van der Waals surface area contributed by atoms with Crippen molar-refractivity contribution < 1.29 is 8.42 Å². The van der Waals surface area contributed by atoms with Gasteiger partial charge in [-0.2, -0.15) is 0 Å². The molecule has 0 aliphatic rings. The number of rotatable bonds is 5. The lowest BCUT2D eigenvalue weighted by Gasteiger charge is -2.00. The molecule has 0 saturated heterocycles. The van der Waals surface area contributed by atoms with E-state index in [1.807, 2.05) is 19.1 Å². The zero-order chi connectivity index (χ0) is 10.3. The fraction of sp³-hybridized carbons (Fsp3) is 0.333. The second-order valence-corrected chi connectivity index (χ2v) is 4.43. The molecule has 0 aliphatic carbocycles. The van der Waals surface area contributed by atoms with Crippen molar-refractivity contribution in [2.24, 2.45) is 0 Å². The summed E-state index contributed by atoms with van der Waals surface area (Å²) in [5.74, 6) is -0.0580. The van der Waals surface area contributed by atoms with E-state index in [0.717, 1.165) is 0 Å². The van der Waals surface area contributed by atoms with E-state index in [9.17, 15) is 8.42 Å². The van der Waals surface area contributed by atoms with Crippen LogP contribution in [0, 0.1) is 0 Å². The van der Waals surface area contributed by atoms with E-state index in [2.05, 4.69) is 11.3 Å². The molecule has 0 saturated carbocycles. The molecule has 13 heavy (non-hydrogen) atoms. The molecule has 0 aromatic heterocycles. The van der Waals surface area contributed by atoms with Crippen molar-refractivity contribution in [1.82, 2.24) is 4.72 Å². The Morgan fingerprint density at radius 3 is 2.54 bits per heavy atom. The van der Waals surface area contributed by atoms with E-state index in [1.165, 1.54) is 7.05 Å². The molecule has 0 aliphatic heterocycles. The fourth-order valence-electron chi connectivity index (χ4n) is 0.667. The van der Waals surface area contributed by atoms with Crippen molar-refractivity contribution in [1.29, 1.82) is 0 Å². The molecule has 0 aromatic carbocycles. The third kappa shape index (κ3) is 6.31.